The van der Waals surface area contributed by atoms with E-state index in [1.165, 1.54) is 11.3 Å². The molecule has 1 amide bonds. The van der Waals surface area contributed by atoms with Gasteiger partial charge in [0.05, 0.1) is 10.9 Å². The van der Waals surface area contributed by atoms with Crippen LogP contribution in [0.2, 0.25) is 5.02 Å². The molecule has 1 saturated carbocycles. The molecule has 1 aliphatic carbocycles. The number of carbonyl (C=O) groups is 2. The zero-order valence-corrected chi connectivity index (χ0v) is 13.7. The molecular formula is C16H15ClN2O3S. The molecule has 5 nitrogen and oxygen atoms in total. The third-order valence-corrected chi connectivity index (χ3v) is 5.16. The first-order chi connectivity index (χ1) is 11.0. The maximum absolute atomic E-state index is 12.3. The van der Waals surface area contributed by atoms with Crippen molar-refractivity contribution in [1.29, 1.82) is 0 Å². The fourth-order valence-electron chi connectivity index (χ4n) is 2.73. The monoisotopic (exact) mass is 350 g/mol. The number of carboxylic acid groups (broad SMARTS) is 1. The average molecular weight is 351 g/mol. The van der Waals surface area contributed by atoms with Gasteiger partial charge in [0.2, 0.25) is 0 Å². The molecule has 0 radical (unpaired) electrons. The molecule has 7 heteroatoms. The topological polar surface area (TPSA) is 79.3 Å². The van der Waals surface area contributed by atoms with Crippen LogP contribution < -0.4 is 5.32 Å². The summed E-state index contributed by atoms with van der Waals surface area (Å²) in [6, 6.07) is 7.24. The van der Waals surface area contributed by atoms with Crippen LogP contribution in [0.4, 0.5) is 0 Å². The van der Waals surface area contributed by atoms with Gasteiger partial charge in [0.15, 0.2) is 0 Å². The van der Waals surface area contributed by atoms with Gasteiger partial charge >= 0.3 is 5.97 Å². The van der Waals surface area contributed by atoms with Crippen LogP contribution in [0.3, 0.4) is 0 Å². The van der Waals surface area contributed by atoms with Crippen molar-refractivity contribution in [2.75, 3.05) is 0 Å². The smallest absolute Gasteiger partial charge is 0.306 e. The first-order valence-corrected chi connectivity index (χ1v) is 8.54. The van der Waals surface area contributed by atoms with E-state index in [-0.39, 0.29) is 17.9 Å². The Kier molecular flexibility index (Phi) is 4.63. The highest BCUT2D eigenvalue weighted by Gasteiger charge is 2.31. The number of hydrogen-bond donors (Lipinski definition) is 2. The highest BCUT2D eigenvalue weighted by molar-refractivity contribution is 7.13. The molecule has 2 aromatic rings. The molecule has 1 aromatic heterocycles. The van der Waals surface area contributed by atoms with Gasteiger partial charge in [0, 0.05) is 17.0 Å². The van der Waals surface area contributed by atoms with Gasteiger partial charge < -0.3 is 10.4 Å². The van der Waals surface area contributed by atoms with Gasteiger partial charge in [-0.25, -0.2) is 4.98 Å². The van der Waals surface area contributed by atoms with Crippen molar-refractivity contribution in [2.24, 2.45) is 5.92 Å². The molecule has 0 spiro atoms. The summed E-state index contributed by atoms with van der Waals surface area (Å²) in [5.41, 5.74) is 1.13. The molecule has 1 aliphatic rings. The number of nitrogens with one attached hydrogen (secondary N) is 1. The zero-order chi connectivity index (χ0) is 16.4. The van der Waals surface area contributed by atoms with Crippen LogP contribution in [0.1, 0.15) is 29.8 Å². The van der Waals surface area contributed by atoms with Gasteiger partial charge in [0.25, 0.3) is 5.91 Å². The first-order valence-electron chi connectivity index (χ1n) is 7.28. The predicted molar refractivity (Wildman–Crippen MR) is 88.8 cm³/mol. The molecule has 0 saturated heterocycles. The molecule has 0 unspecified atom stereocenters. The van der Waals surface area contributed by atoms with E-state index in [0.29, 0.717) is 35.0 Å². The van der Waals surface area contributed by atoms with E-state index in [1.807, 2.05) is 18.2 Å². The van der Waals surface area contributed by atoms with Crippen molar-refractivity contribution in [2.45, 2.75) is 25.3 Å². The molecule has 2 atom stereocenters. The molecule has 23 heavy (non-hydrogen) atoms. The van der Waals surface area contributed by atoms with Crippen LogP contribution in [-0.2, 0) is 4.79 Å². The number of rotatable bonds is 4. The van der Waals surface area contributed by atoms with Crippen molar-refractivity contribution < 1.29 is 14.7 Å². The third-order valence-electron chi connectivity index (χ3n) is 3.96. The number of carboxylic acids is 1. The minimum atomic E-state index is -0.795. The second-order valence-corrected chi connectivity index (χ2v) is 6.80. The Morgan fingerprint density at radius 1 is 1.30 bits per heavy atom. The zero-order valence-electron chi connectivity index (χ0n) is 12.2. The summed E-state index contributed by atoms with van der Waals surface area (Å²) in [6.07, 6.45) is 1.76. The summed E-state index contributed by atoms with van der Waals surface area (Å²) < 4.78 is 0. The van der Waals surface area contributed by atoms with Crippen molar-refractivity contribution in [3.63, 3.8) is 0 Å². The van der Waals surface area contributed by atoms with E-state index in [0.717, 1.165) is 5.56 Å². The van der Waals surface area contributed by atoms with Crippen molar-refractivity contribution in [3.05, 3.63) is 40.4 Å². The second kappa shape index (κ2) is 6.68. The van der Waals surface area contributed by atoms with Gasteiger partial charge in [0.1, 0.15) is 10.7 Å². The predicted octanol–water partition coefficient (Wildman–Crippen LogP) is 3.45. The lowest BCUT2D eigenvalue weighted by atomic mass is 10.1. The van der Waals surface area contributed by atoms with Crippen LogP contribution in [0.15, 0.2) is 29.6 Å². The van der Waals surface area contributed by atoms with Crippen LogP contribution in [-0.4, -0.2) is 28.0 Å². The van der Waals surface area contributed by atoms with Gasteiger partial charge in [-0.1, -0.05) is 29.8 Å². The third kappa shape index (κ3) is 3.54. The molecule has 0 bridgehead atoms. The minimum absolute atomic E-state index is 0.103. The lowest BCUT2D eigenvalue weighted by Gasteiger charge is -2.10. The largest absolute Gasteiger partial charge is 0.481 e. The Morgan fingerprint density at radius 3 is 2.78 bits per heavy atom. The number of nitrogens with zero attached hydrogens (tertiary/aromatic N) is 1. The number of aliphatic carboxylic acids is 1. The number of aromatic nitrogens is 1. The lowest BCUT2D eigenvalue weighted by Crippen LogP contribution is -2.33. The van der Waals surface area contributed by atoms with Gasteiger partial charge in [-0.05, 0) is 25.3 Å². The van der Waals surface area contributed by atoms with Crippen LogP contribution in [0.5, 0.6) is 0 Å². The maximum atomic E-state index is 12.3. The van der Waals surface area contributed by atoms with Crippen LogP contribution in [0, 0.1) is 5.92 Å². The molecule has 120 valence electrons. The number of carbonyl (C=O) groups excluding carboxylic acids is 1. The Hall–Kier alpha value is -1.92. The quantitative estimate of drug-likeness (QED) is 0.885. The molecular weight excluding hydrogens is 336 g/mol. The molecule has 0 aliphatic heterocycles. The second-order valence-electron chi connectivity index (χ2n) is 5.54. The number of amides is 1. The molecule has 1 heterocycles. The van der Waals surface area contributed by atoms with E-state index < -0.39 is 5.97 Å². The summed E-state index contributed by atoms with van der Waals surface area (Å²) in [7, 11) is 0. The number of halogens is 1. The Morgan fingerprint density at radius 2 is 2.09 bits per heavy atom. The van der Waals surface area contributed by atoms with E-state index in [2.05, 4.69) is 10.3 Å². The molecule has 1 aromatic carbocycles. The average Bonchev–Trinajstić information content (AvgIpc) is 3.16. The van der Waals surface area contributed by atoms with Crippen molar-refractivity contribution in [3.8, 4) is 10.6 Å². The van der Waals surface area contributed by atoms with Gasteiger partial charge in [-0.15, -0.1) is 11.3 Å². The summed E-state index contributed by atoms with van der Waals surface area (Å²) in [5.74, 6) is -1.43. The first kappa shape index (κ1) is 16.0. The van der Waals surface area contributed by atoms with E-state index >= 15 is 0 Å². The van der Waals surface area contributed by atoms with Crippen LogP contribution in [0.25, 0.3) is 10.6 Å². The lowest BCUT2D eigenvalue weighted by molar-refractivity contribution is -0.141. The van der Waals surface area contributed by atoms with Crippen molar-refractivity contribution in [1.82, 2.24) is 10.3 Å². The minimum Gasteiger partial charge on any atom is -0.481 e. The highest BCUT2D eigenvalue weighted by Crippen LogP contribution is 2.30. The van der Waals surface area contributed by atoms with Gasteiger partial charge in [-0.2, -0.15) is 0 Å². The normalized spacial score (nSPS) is 20.4. The maximum Gasteiger partial charge on any atom is 0.306 e. The standard InChI is InChI=1S/C16H15ClN2O3S/c17-12-4-2-1-3-11(12)15-19-13(8-23-15)14(20)18-10-6-5-9(7-10)16(21)22/h1-4,8-10H,5-7H2,(H,18,20)(H,21,22)/t9-,10+/m0/s1. The number of hydrogen-bond acceptors (Lipinski definition) is 4. The number of thiazole rings is 1. The van der Waals surface area contributed by atoms with Crippen LogP contribution >= 0.6 is 22.9 Å². The molecule has 3 rings (SSSR count). The van der Waals surface area contributed by atoms with Gasteiger partial charge in [-0.3, -0.25) is 9.59 Å². The van der Waals surface area contributed by atoms with E-state index in [4.69, 9.17) is 16.7 Å². The molecule has 2 N–H and O–H groups in total. The van der Waals surface area contributed by atoms with E-state index in [9.17, 15) is 9.59 Å². The Balaban J connectivity index is 1.68. The van der Waals surface area contributed by atoms with E-state index in [1.54, 1.807) is 11.4 Å². The fourth-order valence-corrected chi connectivity index (χ4v) is 3.85. The SMILES string of the molecule is O=C(N[C@@H]1CC[C@H](C(=O)O)C1)c1csc(-c2ccccc2Cl)n1. The number of benzene rings is 1. The summed E-state index contributed by atoms with van der Waals surface area (Å²) in [4.78, 5) is 27.6. The van der Waals surface area contributed by atoms with Crippen molar-refractivity contribution >= 4 is 34.8 Å². The Bertz CT molecular complexity index is 746. The fraction of sp³-hybridized carbons (Fsp3) is 0.312. The summed E-state index contributed by atoms with van der Waals surface area (Å²) in [6.45, 7) is 0. The summed E-state index contributed by atoms with van der Waals surface area (Å²) >= 11 is 7.50. The summed E-state index contributed by atoms with van der Waals surface area (Å²) in [5, 5.41) is 14.8. The Labute approximate surface area is 142 Å². The highest BCUT2D eigenvalue weighted by atomic mass is 35.5. The molecule has 1 fully saturated rings.